The van der Waals surface area contributed by atoms with Crippen molar-refractivity contribution in [3.63, 3.8) is 0 Å². The van der Waals surface area contributed by atoms with E-state index in [0.29, 0.717) is 18.4 Å². The average Bonchev–Trinajstić information content (AvgIpc) is 2.53. The summed E-state index contributed by atoms with van der Waals surface area (Å²) in [5.41, 5.74) is 2.42. The summed E-state index contributed by atoms with van der Waals surface area (Å²) in [6, 6.07) is 8.29. The van der Waals surface area contributed by atoms with Crippen LogP contribution in [0.4, 0.5) is 0 Å². The molecule has 0 saturated heterocycles. The molecule has 0 aromatic heterocycles. The minimum Gasteiger partial charge on any atom is -0.357 e. The van der Waals surface area contributed by atoms with Gasteiger partial charge in [0.1, 0.15) is 0 Å². The van der Waals surface area contributed by atoms with Crippen molar-refractivity contribution in [3.05, 3.63) is 35.4 Å². The topological polar surface area (TPSA) is 82.6 Å². The van der Waals surface area contributed by atoms with E-state index in [2.05, 4.69) is 46.3 Å². The molecule has 0 amide bonds. The van der Waals surface area contributed by atoms with Crippen molar-refractivity contribution in [3.8, 4) is 0 Å². The maximum Gasteiger partial charge on any atom is 0.213 e. The van der Waals surface area contributed by atoms with Crippen LogP contribution in [0.25, 0.3) is 0 Å². The molecule has 1 aromatic rings. The number of rotatable bonds is 9. The first kappa shape index (κ1) is 24.2. The number of sulfonamides is 1. The first-order chi connectivity index (χ1) is 12.4. The van der Waals surface area contributed by atoms with Gasteiger partial charge < -0.3 is 10.6 Å². The van der Waals surface area contributed by atoms with E-state index in [1.807, 2.05) is 19.1 Å². The van der Waals surface area contributed by atoms with Crippen molar-refractivity contribution in [2.24, 2.45) is 10.9 Å². The van der Waals surface area contributed by atoms with Gasteiger partial charge in [0, 0.05) is 13.1 Å². The standard InChI is InChI=1S/C19H32N4O2S.HI/c1-4-20-19(23-16(3)18-11-6-5-8-15(18)2)21-12-13-26(24,25)22-14-17-9-7-10-17;/h5-6,8,11,16-17,22H,4,7,9-10,12-14H2,1-3H3,(H2,20,21,23);1H. The van der Waals surface area contributed by atoms with Crippen molar-refractivity contribution in [1.82, 2.24) is 15.4 Å². The molecule has 0 radical (unpaired) electrons. The molecule has 0 bridgehead atoms. The molecule has 2 rings (SSSR count). The zero-order chi connectivity index (χ0) is 19.0. The number of aryl methyl sites for hydroxylation is 1. The summed E-state index contributed by atoms with van der Waals surface area (Å²) >= 11 is 0. The van der Waals surface area contributed by atoms with Gasteiger partial charge in [0.15, 0.2) is 5.96 Å². The Bertz CT molecular complexity index is 705. The maximum absolute atomic E-state index is 12.1. The van der Waals surface area contributed by atoms with Gasteiger partial charge >= 0.3 is 0 Å². The quantitative estimate of drug-likeness (QED) is 0.272. The fourth-order valence-electron chi connectivity index (χ4n) is 2.97. The minimum absolute atomic E-state index is 0. The number of nitrogens with zero attached hydrogens (tertiary/aromatic N) is 1. The van der Waals surface area contributed by atoms with Crippen LogP contribution in [0.15, 0.2) is 29.3 Å². The molecule has 1 aromatic carbocycles. The van der Waals surface area contributed by atoms with Crippen molar-refractivity contribution >= 4 is 40.0 Å². The number of hydrogen-bond acceptors (Lipinski definition) is 3. The molecule has 0 spiro atoms. The van der Waals surface area contributed by atoms with Gasteiger partial charge in [0.05, 0.1) is 18.3 Å². The summed E-state index contributed by atoms with van der Waals surface area (Å²) in [6.07, 6.45) is 3.48. The van der Waals surface area contributed by atoms with E-state index >= 15 is 0 Å². The highest BCUT2D eigenvalue weighted by Crippen LogP contribution is 2.25. The largest absolute Gasteiger partial charge is 0.357 e. The number of benzene rings is 1. The van der Waals surface area contributed by atoms with E-state index in [1.54, 1.807) is 0 Å². The number of halogens is 1. The molecule has 1 fully saturated rings. The Morgan fingerprint density at radius 1 is 1.30 bits per heavy atom. The van der Waals surface area contributed by atoms with Crippen LogP contribution in [0.3, 0.4) is 0 Å². The lowest BCUT2D eigenvalue weighted by Crippen LogP contribution is -2.39. The lowest BCUT2D eigenvalue weighted by atomic mass is 9.86. The van der Waals surface area contributed by atoms with Crippen LogP contribution >= 0.6 is 24.0 Å². The first-order valence-electron chi connectivity index (χ1n) is 9.49. The first-order valence-corrected chi connectivity index (χ1v) is 11.1. The van der Waals surface area contributed by atoms with Gasteiger partial charge in [-0.15, -0.1) is 24.0 Å². The zero-order valence-corrected chi connectivity index (χ0v) is 19.6. The fraction of sp³-hybridized carbons (Fsp3) is 0.632. The molecule has 1 aliphatic rings. The molecule has 8 heteroatoms. The van der Waals surface area contributed by atoms with Crippen LogP contribution in [0.5, 0.6) is 0 Å². The average molecular weight is 508 g/mol. The third kappa shape index (κ3) is 8.35. The highest BCUT2D eigenvalue weighted by Gasteiger charge is 2.20. The number of nitrogens with one attached hydrogen (secondary N) is 3. The maximum atomic E-state index is 12.1. The molecule has 27 heavy (non-hydrogen) atoms. The second-order valence-corrected chi connectivity index (χ2v) is 8.87. The van der Waals surface area contributed by atoms with E-state index in [0.717, 1.165) is 19.4 Å². The summed E-state index contributed by atoms with van der Waals surface area (Å²) in [6.45, 7) is 7.67. The van der Waals surface area contributed by atoms with E-state index in [-0.39, 0.29) is 42.3 Å². The van der Waals surface area contributed by atoms with Crippen molar-refractivity contribution in [2.75, 3.05) is 25.4 Å². The van der Waals surface area contributed by atoms with E-state index < -0.39 is 10.0 Å². The van der Waals surface area contributed by atoms with E-state index in [9.17, 15) is 8.42 Å². The Morgan fingerprint density at radius 3 is 2.59 bits per heavy atom. The molecule has 0 aliphatic heterocycles. The van der Waals surface area contributed by atoms with Crippen molar-refractivity contribution in [1.29, 1.82) is 0 Å². The highest BCUT2D eigenvalue weighted by molar-refractivity contribution is 14.0. The van der Waals surface area contributed by atoms with Crippen LogP contribution in [0.2, 0.25) is 0 Å². The molecule has 154 valence electrons. The molecule has 0 heterocycles. The minimum atomic E-state index is -3.26. The van der Waals surface area contributed by atoms with Gasteiger partial charge in [-0.3, -0.25) is 4.99 Å². The van der Waals surface area contributed by atoms with Crippen LogP contribution in [0, 0.1) is 12.8 Å². The normalized spacial score (nSPS) is 16.2. The highest BCUT2D eigenvalue weighted by atomic mass is 127. The van der Waals surface area contributed by atoms with Gasteiger partial charge in [-0.25, -0.2) is 13.1 Å². The SMILES string of the molecule is CCNC(=NCCS(=O)(=O)NCC1CCC1)NC(C)c1ccccc1C.I. The molecular weight excluding hydrogens is 475 g/mol. The number of guanidine groups is 1. The summed E-state index contributed by atoms with van der Waals surface area (Å²) in [7, 11) is -3.26. The lowest BCUT2D eigenvalue weighted by molar-refractivity contribution is 0.316. The summed E-state index contributed by atoms with van der Waals surface area (Å²) < 4.78 is 26.9. The van der Waals surface area contributed by atoms with Crippen molar-refractivity contribution < 1.29 is 8.42 Å². The Kier molecular flexibility index (Phi) is 10.6. The van der Waals surface area contributed by atoms with Gasteiger partial charge in [0.2, 0.25) is 10.0 Å². The Labute approximate surface area is 181 Å². The Morgan fingerprint density at radius 2 is 2.00 bits per heavy atom. The van der Waals surface area contributed by atoms with E-state index in [4.69, 9.17) is 0 Å². The van der Waals surface area contributed by atoms with E-state index in [1.165, 1.54) is 17.5 Å². The third-order valence-corrected chi connectivity index (χ3v) is 6.13. The second-order valence-electron chi connectivity index (χ2n) is 6.95. The van der Waals surface area contributed by atoms with Crippen molar-refractivity contribution in [2.45, 2.75) is 46.1 Å². The Hall–Kier alpha value is -0.870. The molecule has 3 N–H and O–H groups in total. The second kappa shape index (κ2) is 11.9. The lowest BCUT2D eigenvalue weighted by Gasteiger charge is -2.25. The smallest absolute Gasteiger partial charge is 0.213 e. The molecule has 1 atom stereocenters. The van der Waals surface area contributed by atoms with Crippen LogP contribution in [0.1, 0.15) is 50.3 Å². The molecule has 1 aliphatic carbocycles. The summed E-state index contributed by atoms with van der Waals surface area (Å²) in [4.78, 5) is 4.43. The molecular formula is C19H33IN4O2S. The summed E-state index contributed by atoms with van der Waals surface area (Å²) in [5, 5.41) is 6.53. The van der Waals surface area contributed by atoms with Gasteiger partial charge in [-0.05, 0) is 50.7 Å². The Balaban J connectivity index is 0.00000364. The zero-order valence-electron chi connectivity index (χ0n) is 16.5. The van der Waals surface area contributed by atoms with Crippen LogP contribution in [-0.4, -0.2) is 39.8 Å². The fourth-order valence-corrected chi connectivity index (χ4v) is 3.93. The number of hydrogen-bond donors (Lipinski definition) is 3. The summed E-state index contributed by atoms with van der Waals surface area (Å²) in [5.74, 6) is 1.16. The van der Waals surface area contributed by atoms with Gasteiger partial charge in [0.25, 0.3) is 0 Å². The van der Waals surface area contributed by atoms with Gasteiger partial charge in [-0.2, -0.15) is 0 Å². The van der Waals surface area contributed by atoms with Crippen LogP contribution in [-0.2, 0) is 10.0 Å². The third-order valence-electron chi connectivity index (χ3n) is 4.80. The molecule has 6 nitrogen and oxygen atoms in total. The predicted molar refractivity (Wildman–Crippen MR) is 123 cm³/mol. The molecule has 1 unspecified atom stereocenters. The monoisotopic (exact) mass is 508 g/mol. The van der Waals surface area contributed by atoms with Crippen LogP contribution < -0.4 is 15.4 Å². The predicted octanol–water partition coefficient (Wildman–Crippen LogP) is 2.95. The molecule has 1 saturated carbocycles. The number of aliphatic imine (C=N–C) groups is 1. The van der Waals surface area contributed by atoms with Gasteiger partial charge in [-0.1, -0.05) is 30.7 Å².